The van der Waals surface area contributed by atoms with Gasteiger partial charge in [0.15, 0.2) is 0 Å². The summed E-state index contributed by atoms with van der Waals surface area (Å²) >= 11 is 3.37. The lowest BCUT2D eigenvalue weighted by molar-refractivity contribution is -0.128. The average Bonchev–Trinajstić information content (AvgIpc) is 3.32. The van der Waals surface area contributed by atoms with Crippen LogP contribution in [0.4, 0.5) is 0 Å². The number of rotatable bonds is 5. The topological polar surface area (TPSA) is 49.8 Å². The zero-order valence-electron chi connectivity index (χ0n) is 12.5. The van der Waals surface area contributed by atoms with E-state index in [1.54, 1.807) is 6.08 Å². The van der Waals surface area contributed by atoms with Crippen molar-refractivity contribution in [2.45, 2.75) is 48.1 Å². The van der Waals surface area contributed by atoms with Crippen LogP contribution < -0.4 is 0 Å². The first-order valence-corrected chi connectivity index (χ1v) is 8.74. The van der Waals surface area contributed by atoms with Gasteiger partial charge in [0, 0.05) is 6.42 Å². The number of ether oxygens (including phenoxy) is 1. The second-order valence-corrected chi connectivity index (χ2v) is 7.13. The Labute approximate surface area is 139 Å². The van der Waals surface area contributed by atoms with Gasteiger partial charge in [0.05, 0.1) is 6.61 Å². The van der Waals surface area contributed by atoms with Crippen molar-refractivity contribution in [3.8, 4) is 0 Å². The molecule has 4 heteroatoms. The first-order chi connectivity index (χ1) is 10.6. The maximum atomic E-state index is 11.9. The lowest BCUT2D eigenvalue weighted by Crippen LogP contribution is -2.57. The Balaban J connectivity index is 1.57. The predicted octanol–water partition coefficient (Wildman–Crippen LogP) is 3.19. The minimum atomic E-state index is -1.21. The van der Waals surface area contributed by atoms with Gasteiger partial charge in [-0.1, -0.05) is 58.4 Å². The summed E-state index contributed by atoms with van der Waals surface area (Å²) in [6.07, 6.45) is 7.76. The summed E-state index contributed by atoms with van der Waals surface area (Å²) in [5.41, 5.74) is -0.442. The van der Waals surface area contributed by atoms with Gasteiger partial charge in [-0.25, -0.2) is 0 Å². The molecular weight excluding hydrogens is 344 g/mol. The molecule has 0 amide bonds. The highest BCUT2D eigenvalue weighted by Crippen LogP contribution is 2.50. The third kappa shape index (κ3) is 2.92. The third-order valence-electron chi connectivity index (χ3n) is 4.72. The molecule has 1 spiro atoms. The predicted molar refractivity (Wildman–Crippen MR) is 89.1 cm³/mol. The van der Waals surface area contributed by atoms with Crippen molar-refractivity contribution in [2.75, 3.05) is 6.61 Å². The molecule has 0 bridgehead atoms. The van der Waals surface area contributed by atoms with Crippen molar-refractivity contribution < 1.29 is 14.6 Å². The number of hydrogen-bond donors (Lipinski definition) is 1. The average molecular weight is 365 g/mol. The Morgan fingerprint density at radius 1 is 1.36 bits per heavy atom. The molecule has 0 radical (unpaired) electrons. The van der Waals surface area contributed by atoms with Gasteiger partial charge in [-0.15, -0.1) is 0 Å². The second-order valence-electron chi connectivity index (χ2n) is 6.22. The fourth-order valence-electron chi connectivity index (χ4n) is 3.16. The highest BCUT2D eigenvalue weighted by Gasteiger charge is 2.66. The molecule has 2 aliphatic rings. The van der Waals surface area contributed by atoms with E-state index in [1.165, 1.54) is 5.56 Å². The minimum absolute atomic E-state index is 0.0533. The van der Waals surface area contributed by atoms with Crippen molar-refractivity contribution in [1.29, 1.82) is 0 Å². The van der Waals surface area contributed by atoms with Gasteiger partial charge in [0.1, 0.15) is 21.8 Å². The summed E-state index contributed by atoms with van der Waals surface area (Å²) in [6, 6.07) is 10.4. The van der Waals surface area contributed by atoms with Crippen molar-refractivity contribution in [2.24, 2.45) is 0 Å². The van der Waals surface area contributed by atoms with E-state index < -0.39 is 16.0 Å². The molecule has 118 valence electrons. The Bertz CT molecular complexity index is 565. The molecule has 1 saturated carbocycles. The Kier molecular flexibility index (Phi) is 4.53. The van der Waals surface area contributed by atoms with Crippen LogP contribution in [0.5, 0.6) is 0 Å². The number of allylic oxidation sites excluding steroid dienone is 1. The first-order valence-electron chi connectivity index (χ1n) is 7.82. The quantitative estimate of drug-likeness (QED) is 0.377. The smallest absolute Gasteiger partial charge is 0.149 e. The Morgan fingerprint density at radius 3 is 2.77 bits per heavy atom. The summed E-state index contributed by atoms with van der Waals surface area (Å²) in [5.74, 6) is 0.0533. The number of carbonyl (C=O) groups excluding carboxylic acids is 1. The van der Waals surface area contributed by atoms with Crippen LogP contribution in [-0.2, 0) is 16.0 Å². The molecule has 22 heavy (non-hydrogen) atoms. The molecule has 3 rings (SSSR count). The highest BCUT2D eigenvalue weighted by molar-refractivity contribution is 9.10. The van der Waals surface area contributed by atoms with E-state index in [1.807, 2.05) is 24.3 Å². The zero-order chi connectivity index (χ0) is 15.6. The third-order valence-corrected chi connectivity index (χ3v) is 5.93. The number of epoxide rings is 1. The van der Waals surface area contributed by atoms with Crippen molar-refractivity contribution in [3.05, 3.63) is 48.0 Å². The monoisotopic (exact) mass is 364 g/mol. The van der Waals surface area contributed by atoms with Crippen molar-refractivity contribution >= 4 is 21.7 Å². The number of aliphatic hydroxyl groups is 1. The van der Waals surface area contributed by atoms with E-state index in [2.05, 4.69) is 28.1 Å². The van der Waals surface area contributed by atoms with Gasteiger partial charge < -0.3 is 9.84 Å². The van der Waals surface area contributed by atoms with Crippen LogP contribution in [0.25, 0.3) is 0 Å². The van der Waals surface area contributed by atoms with Gasteiger partial charge in [0.2, 0.25) is 0 Å². The number of halogens is 1. The van der Waals surface area contributed by atoms with Crippen molar-refractivity contribution in [3.63, 3.8) is 0 Å². The number of Topliss-reactive ketones (excluding diaryl/α,β-unsaturated/α-hetero) is 1. The van der Waals surface area contributed by atoms with Crippen molar-refractivity contribution in [1.82, 2.24) is 0 Å². The summed E-state index contributed by atoms with van der Waals surface area (Å²) < 4.78 is 5.51. The molecule has 3 atom stereocenters. The number of aryl methyl sites for hydroxylation is 1. The van der Waals surface area contributed by atoms with Gasteiger partial charge in [0.25, 0.3) is 0 Å². The van der Waals surface area contributed by atoms with Gasteiger partial charge in [-0.05, 0) is 31.2 Å². The van der Waals surface area contributed by atoms with Crippen LogP contribution in [0.2, 0.25) is 0 Å². The molecule has 1 aromatic carbocycles. The maximum absolute atomic E-state index is 11.9. The first kappa shape index (κ1) is 15.9. The van der Waals surface area contributed by atoms with Crippen LogP contribution in [0.1, 0.15) is 31.2 Å². The number of hydrogen-bond acceptors (Lipinski definition) is 3. The summed E-state index contributed by atoms with van der Waals surface area (Å²) in [7, 11) is 0. The lowest BCUT2D eigenvalue weighted by Gasteiger charge is -2.39. The van der Waals surface area contributed by atoms with Gasteiger partial charge in [-0.2, -0.15) is 0 Å². The molecule has 1 aliphatic carbocycles. The molecule has 3 nitrogen and oxygen atoms in total. The summed E-state index contributed by atoms with van der Waals surface area (Å²) in [5, 5.41) is 10.9. The van der Waals surface area contributed by atoms with Crippen LogP contribution >= 0.6 is 15.9 Å². The van der Waals surface area contributed by atoms with Gasteiger partial charge >= 0.3 is 0 Å². The van der Waals surface area contributed by atoms with E-state index in [-0.39, 0.29) is 5.78 Å². The standard InChI is InChI=1S/C18H21BrO3/c19-16-15(20)10-12-17(13-22-17)18(16,21)11-6-2-5-9-14-7-3-1-4-8-14/h1,3-4,6-8,11,16,21H,2,5,9-10,12-13H2. The summed E-state index contributed by atoms with van der Waals surface area (Å²) in [6.45, 7) is 0.535. The SMILES string of the molecule is O=C1CCC2(CO2)C(O)(C=CCCCc2ccccc2)C1Br. The second kappa shape index (κ2) is 6.26. The van der Waals surface area contributed by atoms with Gasteiger partial charge in [-0.3, -0.25) is 4.79 Å². The zero-order valence-corrected chi connectivity index (χ0v) is 14.1. The fraction of sp³-hybridized carbons (Fsp3) is 0.500. The fourth-order valence-corrected chi connectivity index (χ4v) is 3.96. The molecule has 1 heterocycles. The number of benzene rings is 1. The Hall–Kier alpha value is -0.970. The van der Waals surface area contributed by atoms with Crippen LogP contribution in [-0.4, -0.2) is 33.5 Å². The minimum Gasteiger partial charge on any atom is -0.381 e. The molecule has 1 N–H and O–H groups in total. The highest BCUT2D eigenvalue weighted by atomic mass is 79.9. The van der Waals surface area contributed by atoms with E-state index in [0.29, 0.717) is 19.4 Å². The van der Waals surface area contributed by atoms with Crippen LogP contribution in [0, 0.1) is 0 Å². The maximum Gasteiger partial charge on any atom is 0.149 e. The normalized spacial score (nSPS) is 34.5. The van der Waals surface area contributed by atoms with E-state index >= 15 is 0 Å². The largest absolute Gasteiger partial charge is 0.381 e. The number of carbonyl (C=O) groups is 1. The summed E-state index contributed by atoms with van der Waals surface area (Å²) in [4.78, 5) is 11.3. The molecule has 1 aliphatic heterocycles. The number of unbranched alkanes of at least 4 members (excludes halogenated alkanes) is 1. The lowest BCUT2D eigenvalue weighted by atomic mass is 9.74. The Morgan fingerprint density at radius 2 is 2.09 bits per heavy atom. The molecular formula is C18H21BrO3. The number of alkyl halides is 1. The molecule has 1 saturated heterocycles. The molecule has 3 unspecified atom stereocenters. The van der Waals surface area contributed by atoms with E-state index in [4.69, 9.17) is 4.74 Å². The van der Waals surface area contributed by atoms with E-state index in [0.717, 1.165) is 19.3 Å². The molecule has 1 aromatic rings. The molecule has 0 aromatic heterocycles. The number of ketones is 1. The van der Waals surface area contributed by atoms with Crippen LogP contribution in [0.3, 0.4) is 0 Å². The van der Waals surface area contributed by atoms with Crippen LogP contribution in [0.15, 0.2) is 42.5 Å². The molecule has 2 fully saturated rings. The van der Waals surface area contributed by atoms with E-state index in [9.17, 15) is 9.90 Å².